The van der Waals surface area contributed by atoms with Gasteiger partial charge in [0.15, 0.2) is 0 Å². The Labute approximate surface area is 198 Å². The van der Waals surface area contributed by atoms with Crippen LogP contribution in [0.4, 0.5) is 10.1 Å². The Morgan fingerprint density at radius 2 is 1.71 bits per heavy atom. The maximum atomic E-state index is 13.9. The molecule has 1 N–H and O–H groups in total. The second-order valence-corrected chi connectivity index (χ2v) is 7.70. The Balaban J connectivity index is 1.65. The van der Waals surface area contributed by atoms with Crippen molar-refractivity contribution in [1.29, 1.82) is 0 Å². The van der Waals surface area contributed by atoms with Crippen molar-refractivity contribution in [2.24, 2.45) is 0 Å². The molecule has 6 heteroatoms. The van der Waals surface area contributed by atoms with E-state index in [1.807, 2.05) is 61.5 Å². The van der Waals surface area contributed by atoms with Crippen LogP contribution in [0.3, 0.4) is 0 Å². The number of carbonyl (C=O) groups is 1. The van der Waals surface area contributed by atoms with Gasteiger partial charge in [-0.25, -0.2) is 9.37 Å². The van der Waals surface area contributed by atoms with Gasteiger partial charge in [-0.1, -0.05) is 42.5 Å². The Bertz CT molecular complexity index is 1290. The van der Waals surface area contributed by atoms with E-state index in [4.69, 9.17) is 14.5 Å². The molecule has 0 amide bonds. The first-order valence-electron chi connectivity index (χ1n) is 11.4. The molecule has 0 aliphatic rings. The highest BCUT2D eigenvalue weighted by atomic mass is 19.1. The Morgan fingerprint density at radius 3 is 2.47 bits per heavy atom. The normalized spacial score (nSPS) is 10.8. The van der Waals surface area contributed by atoms with Crippen LogP contribution in [0.15, 0.2) is 72.8 Å². The molecule has 4 aromatic rings. The molecule has 34 heavy (non-hydrogen) atoms. The number of para-hydroxylation sites is 1. The van der Waals surface area contributed by atoms with Gasteiger partial charge in [0.1, 0.15) is 11.6 Å². The van der Waals surface area contributed by atoms with Crippen LogP contribution in [0.25, 0.3) is 33.3 Å². The van der Waals surface area contributed by atoms with Gasteiger partial charge in [-0.15, -0.1) is 0 Å². The van der Waals surface area contributed by atoms with E-state index in [0.29, 0.717) is 30.7 Å². The van der Waals surface area contributed by atoms with Gasteiger partial charge < -0.3 is 14.8 Å². The molecule has 0 atom stereocenters. The number of halogens is 1. The van der Waals surface area contributed by atoms with Gasteiger partial charge in [-0.2, -0.15) is 0 Å². The average Bonchev–Trinajstić information content (AvgIpc) is 2.85. The van der Waals surface area contributed by atoms with Crippen LogP contribution >= 0.6 is 0 Å². The second kappa shape index (κ2) is 10.8. The molecule has 0 aliphatic heterocycles. The van der Waals surface area contributed by atoms with E-state index in [2.05, 4.69) is 5.32 Å². The number of anilines is 1. The van der Waals surface area contributed by atoms with E-state index < -0.39 is 0 Å². The number of hydrogen-bond donors (Lipinski definition) is 1. The molecule has 3 aromatic carbocycles. The lowest BCUT2D eigenvalue weighted by molar-refractivity contribution is -0.142. The third-order valence-corrected chi connectivity index (χ3v) is 5.40. The van der Waals surface area contributed by atoms with Crippen molar-refractivity contribution >= 4 is 22.6 Å². The maximum absolute atomic E-state index is 13.9. The SMILES string of the molecule is CCOC(=O)CCNc1cc(-c2ccc(-c3ccccc3OCC)cc2)nc2ccc(F)cc12. The standard InChI is InChI=1S/C28H27FN2O3/c1-3-33-27-8-6-5-7-22(27)19-9-11-20(12-10-19)25-18-26(30-16-15-28(32)34-4-2)23-17-21(29)13-14-24(23)31-25/h5-14,17-18H,3-4,15-16H2,1-2H3,(H,30,31). The molecule has 0 fully saturated rings. The predicted molar refractivity (Wildman–Crippen MR) is 133 cm³/mol. The summed E-state index contributed by atoms with van der Waals surface area (Å²) in [5.74, 6) is 0.229. The fourth-order valence-corrected chi connectivity index (χ4v) is 3.83. The van der Waals surface area contributed by atoms with Crippen LogP contribution in [-0.2, 0) is 9.53 Å². The minimum atomic E-state index is -0.340. The Kier molecular flexibility index (Phi) is 7.38. The van der Waals surface area contributed by atoms with Gasteiger partial charge in [-0.05, 0) is 49.7 Å². The summed E-state index contributed by atoms with van der Waals surface area (Å²) in [4.78, 5) is 16.5. The molecule has 0 saturated carbocycles. The summed E-state index contributed by atoms with van der Waals surface area (Å²) in [5.41, 5.74) is 5.14. The molecule has 0 radical (unpaired) electrons. The highest BCUT2D eigenvalue weighted by Gasteiger charge is 2.11. The van der Waals surface area contributed by atoms with Crippen LogP contribution in [-0.4, -0.2) is 30.7 Å². The fraction of sp³-hybridized carbons (Fsp3) is 0.214. The predicted octanol–water partition coefficient (Wildman–Crippen LogP) is 6.47. The summed E-state index contributed by atoms with van der Waals surface area (Å²) in [5, 5.41) is 3.91. The van der Waals surface area contributed by atoms with Gasteiger partial charge in [0.05, 0.1) is 30.8 Å². The van der Waals surface area contributed by atoms with Crippen molar-refractivity contribution in [3.05, 3.63) is 78.6 Å². The number of hydrogen-bond acceptors (Lipinski definition) is 5. The lowest BCUT2D eigenvalue weighted by Gasteiger charge is -2.13. The highest BCUT2D eigenvalue weighted by Crippen LogP contribution is 2.33. The first-order chi connectivity index (χ1) is 16.6. The lowest BCUT2D eigenvalue weighted by atomic mass is 10.0. The molecule has 0 bridgehead atoms. The van der Waals surface area contributed by atoms with E-state index in [-0.39, 0.29) is 18.2 Å². The summed E-state index contributed by atoms with van der Waals surface area (Å²) < 4.78 is 24.7. The quantitative estimate of drug-likeness (QED) is 0.291. The fourth-order valence-electron chi connectivity index (χ4n) is 3.83. The molecule has 0 aliphatic carbocycles. The Hall–Kier alpha value is -3.93. The van der Waals surface area contributed by atoms with Gasteiger partial charge in [0.2, 0.25) is 0 Å². The largest absolute Gasteiger partial charge is 0.493 e. The number of benzene rings is 3. The van der Waals surface area contributed by atoms with Crippen LogP contribution in [0, 0.1) is 5.82 Å². The molecule has 174 valence electrons. The van der Waals surface area contributed by atoms with Crippen molar-refractivity contribution in [2.45, 2.75) is 20.3 Å². The molecule has 1 aromatic heterocycles. The molecule has 0 saturated heterocycles. The van der Waals surface area contributed by atoms with Crippen LogP contribution in [0.1, 0.15) is 20.3 Å². The molecule has 0 spiro atoms. The summed E-state index contributed by atoms with van der Waals surface area (Å²) >= 11 is 0. The third kappa shape index (κ3) is 5.34. The topological polar surface area (TPSA) is 60.5 Å². The van der Waals surface area contributed by atoms with Crippen molar-refractivity contribution in [1.82, 2.24) is 4.98 Å². The summed E-state index contributed by atoms with van der Waals surface area (Å²) in [6.07, 6.45) is 0.218. The number of carbonyl (C=O) groups excluding carboxylic acids is 1. The smallest absolute Gasteiger partial charge is 0.307 e. The first-order valence-corrected chi connectivity index (χ1v) is 11.4. The molecule has 5 nitrogen and oxygen atoms in total. The van der Waals surface area contributed by atoms with E-state index in [9.17, 15) is 9.18 Å². The number of pyridine rings is 1. The number of nitrogens with one attached hydrogen (secondary N) is 1. The second-order valence-electron chi connectivity index (χ2n) is 7.70. The van der Waals surface area contributed by atoms with Gasteiger partial charge in [0, 0.05) is 28.7 Å². The lowest BCUT2D eigenvalue weighted by Crippen LogP contribution is -2.11. The van der Waals surface area contributed by atoms with Crippen molar-refractivity contribution in [3.63, 3.8) is 0 Å². The number of aromatic nitrogens is 1. The zero-order chi connectivity index (χ0) is 23.9. The minimum Gasteiger partial charge on any atom is -0.493 e. The monoisotopic (exact) mass is 458 g/mol. The number of rotatable bonds is 9. The average molecular weight is 459 g/mol. The maximum Gasteiger partial charge on any atom is 0.307 e. The zero-order valence-corrected chi connectivity index (χ0v) is 19.3. The van der Waals surface area contributed by atoms with Crippen molar-refractivity contribution in [3.8, 4) is 28.1 Å². The number of fused-ring (bicyclic) bond motifs is 1. The molecular formula is C28H27FN2O3. The van der Waals surface area contributed by atoms with E-state index in [1.165, 1.54) is 12.1 Å². The molecular weight excluding hydrogens is 431 g/mol. The van der Waals surface area contributed by atoms with E-state index in [0.717, 1.165) is 33.8 Å². The first kappa shape index (κ1) is 23.2. The van der Waals surface area contributed by atoms with Gasteiger partial charge in [-0.3, -0.25) is 4.79 Å². The number of ether oxygens (including phenoxy) is 2. The van der Waals surface area contributed by atoms with Crippen molar-refractivity contribution in [2.75, 3.05) is 25.1 Å². The molecule has 1 heterocycles. The van der Waals surface area contributed by atoms with Crippen LogP contribution in [0.5, 0.6) is 5.75 Å². The minimum absolute atomic E-state index is 0.218. The van der Waals surface area contributed by atoms with Gasteiger partial charge in [0.25, 0.3) is 0 Å². The van der Waals surface area contributed by atoms with Crippen LogP contribution in [0.2, 0.25) is 0 Å². The Morgan fingerprint density at radius 1 is 0.941 bits per heavy atom. The molecule has 4 rings (SSSR count). The summed E-state index contributed by atoms with van der Waals surface area (Å²) in [7, 11) is 0. The van der Waals surface area contributed by atoms with Crippen LogP contribution < -0.4 is 10.1 Å². The van der Waals surface area contributed by atoms with E-state index in [1.54, 1.807) is 13.0 Å². The number of esters is 1. The summed E-state index contributed by atoms with van der Waals surface area (Å²) in [6, 6.07) is 22.4. The van der Waals surface area contributed by atoms with Crippen molar-refractivity contribution < 1.29 is 18.7 Å². The molecule has 0 unspecified atom stereocenters. The number of nitrogens with zero attached hydrogens (tertiary/aromatic N) is 1. The third-order valence-electron chi connectivity index (χ3n) is 5.40. The highest BCUT2D eigenvalue weighted by molar-refractivity contribution is 5.94. The van der Waals surface area contributed by atoms with Gasteiger partial charge >= 0.3 is 5.97 Å². The summed E-state index contributed by atoms with van der Waals surface area (Å²) in [6.45, 7) is 5.06. The van der Waals surface area contributed by atoms with E-state index >= 15 is 0 Å². The zero-order valence-electron chi connectivity index (χ0n) is 19.3.